The molecule has 2 saturated heterocycles. The lowest BCUT2D eigenvalue weighted by Crippen LogP contribution is -2.37. The van der Waals surface area contributed by atoms with Crippen LogP contribution < -0.4 is 4.90 Å². The van der Waals surface area contributed by atoms with E-state index in [1.54, 1.807) is 17.0 Å². The first kappa shape index (κ1) is 19.1. The molecule has 0 radical (unpaired) electrons. The van der Waals surface area contributed by atoms with Gasteiger partial charge in [-0.25, -0.2) is 12.8 Å². The lowest BCUT2D eigenvalue weighted by molar-refractivity contribution is -0.117. The Kier molecular flexibility index (Phi) is 5.25. The van der Waals surface area contributed by atoms with Crippen molar-refractivity contribution in [3.05, 3.63) is 66.0 Å². The molecule has 0 spiro atoms. The first-order chi connectivity index (χ1) is 13.4. The number of hydrogen-bond acceptors (Lipinski definition) is 4. The third kappa shape index (κ3) is 4.12. The van der Waals surface area contributed by atoms with Crippen molar-refractivity contribution in [1.82, 2.24) is 0 Å². The normalized spacial score (nSPS) is 24.5. The number of benzene rings is 2. The highest BCUT2D eigenvalue weighted by atomic mass is 32.2. The minimum absolute atomic E-state index is 0.0155. The molecule has 0 saturated carbocycles. The second-order valence-electron chi connectivity index (χ2n) is 6.92. The van der Waals surface area contributed by atoms with E-state index in [-0.39, 0.29) is 35.1 Å². The van der Waals surface area contributed by atoms with Crippen molar-refractivity contribution in [3.8, 4) is 0 Å². The van der Waals surface area contributed by atoms with E-state index in [1.807, 2.05) is 30.3 Å². The molecule has 2 aromatic rings. The second kappa shape index (κ2) is 7.67. The van der Waals surface area contributed by atoms with E-state index in [0.29, 0.717) is 17.3 Å². The summed E-state index contributed by atoms with van der Waals surface area (Å²) in [6.45, 7) is 0. The number of hydrogen-bond donors (Lipinski definition) is 0. The molecule has 0 aromatic heterocycles. The summed E-state index contributed by atoms with van der Waals surface area (Å²) in [6, 6.07) is 15.3. The molecule has 2 aliphatic heterocycles. The number of anilines is 1. The molecule has 4 rings (SSSR count). The minimum atomic E-state index is -3.15. The maximum atomic E-state index is 13.8. The van der Waals surface area contributed by atoms with Gasteiger partial charge in [0.1, 0.15) is 5.82 Å². The molecule has 5 nitrogen and oxygen atoms in total. The van der Waals surface area contributed by atoms with Gasteiger partial charge in [-0.05, 0) is 30.2 Å². The fraction of sp³-hybridized carbons (Fsp3) is 0.300. The van der Waals surface area contributed by atoms with Crippen molar-refractivity contribution in [2.75, 3.05) is 16.4 Å². The van der Waals surface area contributed by atoms with Crippen LogP contribution in [0.2, 0.25) is 0 Å². The van der Waals surface area contributed by atoms with Crippen molar-refractivity contribution in [2.45, 2.75) is 24.1 Å². The highest BCUT2D eigenvalue weighted by Gasteiger charge is 2.49. The van der Waals surface area contributed by atoms with Crippen LogP contribution in [0.1, 0.15) is 12.0 Å². The van der Waals surface area contributed by atoms with E-state index < -0.39 is 15.7 Å². The third-order valence-electron chi connectivity index (χ3n) is 4.84. The van der Waals surface area contributed by atoms with Crippen LogP contribution in [0.5, 0.6) is 0 Å². The number of rotatable bonds is 4. The Balaban J connectivity index is 1.58. The van der Waals surface area contributed by atoms with Crippen LogP contribution in [0.3, 0.4) is 0 Å². The third-order valence-corrected chi connectivity index (χ3v) is 8.05. The summed E-state index contributed by atoms with van der Waals surface area (Å²) in [4.78, 5) is 18.4. The standard InChI is InChI=1S/C20H19FN2O3S2/c21-15-7-4-8-16(11-15)23-17-12-28(25,26)13-18(17)27-20(23)22-19(24)10-9-14-5-2-1-3-6-14/h1-8,11,17-18H,9-10,12-13H2/t17-,18-/m0/s1. The zero-order valence-electron chi connectivity index (χ0n) is 15.0. The average molecular weight is 419 g/mol. The average Bonchev–Trinajstić information content (AvgIpc) is 3.11. The molecule has 0 N–H and O–H groups in total. The van der Waals surface area contributed by atoms with Gasteiger partial charge in [-0.15, -0.1) is 0 Å². The number of aliphatic imine (C=N–C) groups is 1. The van der Waals surface area contributed by atoms with Gasteiger partial charge in [0.05, 0.1) is 17.5 Å². The van der Waals surface area contributed by atoms with E-state index in [9.17, 15) is 17.6 Å². The summed E-state index contributed by atoms with van der Waals surface area (Å²) >= 11 is 1.30. The van der Waals surface area contributed by atoms with Crippen molar-refractivity contribution in [1.29, 1.82) is 0 Å². The molecule has 28 heavy (non-hydrogen) atoms. The van der Waals surface area contributed by atoms with Crippen LogP contribution in [0.25, 0.3) is 0 Å². The van der Waals surface area contributed by atoms with Crippen molar-refractivity contribution < 1.29 is 17.6 Å². The van der Waals surface area contributed by atoms with Gasteiger partial charge >= 0.3 is 0 Å². The van der Waals surface area contributed by atoms with Crippen LogP contribution >= 0.6 is 11.8 Å². The van der Waals surface area contributed by atoms with E-state index in [1.165, 1.54) is 23.9 Å². The molecule has 8 heteroatoms. The van der Waals surface area contributed by atoms with Gasteiger partial charge in [-0.1, -0.05) is 48.2 Å². The van der Waals surface area contributed by atoms with E-state index in [0.717, 1.165) is 5.56 Å². The Morgan fingerprint density at radius 1 is 1.14 bits per heavy atom. The number of nitrogens with zero attached hydrogens (tertiary/aromatic N) is 2. The Bertz CT molecular complexity index is 1020. The number of amides is 1. The molecule has 0 unspecified atom stereocenters. The lowest BCUT2D eigenvalue weighted by atomic mass is 10.1. The number of carbonyl (C=O) groups excluding carboxylic acids is 1. The Morgan fingerprint density at radius 3 is 2.68 bits per heavy atom. The fourth-order valence-electron chi connectivity index (χ4n) is 3.55. The van der Waals surface area contributed by atoms with Crippen molar-refractivity contribution >= 4 is 38.4 Å². The van der Waals surface area contributed by atoms with Gasteiger partial charge in [-0.3, -0.25) is 4.79 Å². The van der Waals surface area contributed by atoms with Crippen LogP contribution in [-0.2, 0) is 21.1 Å². The Labute approximate surface area is 167 Å². The molecule has 2 aliphatic rings. The maximum Gasteiger partial charge on any atom is 0.248 e. The number of thioether (sulfide) groups is 1. The number of sulfone groups is 1. The van der Waals surface area contributed by atoms with Crippen LogP contribution in [-0.4, -0.2) is 42.3 Å². The summed E-state index contributed by atoms with van der Waals surface area (Å²) < 4.78 is 37.9. The van der Waals surface area contributed by atoms with Gasteiger partial charge in [0.25, 0.3) is 0 Å². The predicted molar refractivity (Wildman–Crippen MR) is 110 cm³/mol. The van der Waals surface area contributed by atoms with Gasteiger partial charge < -0.3 is 4.90 Å². The number of carbonyl (C=O) groups is 1. The maximum absolute atomic E-state index is 13.8. The minimum Gasteiger partial charge on any atom is -0.315 e. The molecule has 0 aliphatic carbocycles. The van der Waals surface area contributed by atoms with E-state index in [4.69, 9.17) is 0 Å². The highest BCUT2D eigenvalue weighted by Crippen LogP contribution is 2.41. The molecule has 2 aromatic carbocycles. The fourth-order valence-corrected chi connectivity index (χ4v) is 7.48. The zero-order valence-corrected chi connectivity index (χ0v) is 16.6. The van der Waals surface area contributed by atoms with E-state index in [2.05, 4.69) is 4.99 Å². The van der Waals surface area contributed by atoms with Crippen LogP contribution in [0, 0.1) is 5.82 Å². The molecule has 2 atom stereocenters. The van der Waals surface area contributed by atoms with Crippen molar-refractivity contribution in [2.24, 2.45) is 4.99 Å². The molecule has 2 heterocycles. The number of amidine groups is 1. The summed E-state index contributed by atoms with van der Waals surface area (Å²) in [6.07, 6.45) is 0.848. The Morgan fingerprint density at radius 2 is 1.93 bits per heavy atom. The molecule has 2 fully saturated rings. The van der Waals surface area contributed by atoms with Crippen molar-refractivity contribution in [3.63, 3.8) is 0 Å². The molecule has 146 valence electrons. The molecule has 1 amide bonds. The number of halogens is 1. The zero-order chi connectivity index (χ0) is 19.7. The Hall–Kier alpha value is -2.19. The van der Waals surface area contributed by atoms with E-state index >= 15 is 0 Å². The van der Waals surface area contributed by atoms with Crippen LogP contribution in [0.4, 0.5) is 10.1 Å². The summed E-state index contributed by atoms with van der Waals surface area (Å²) in [5, 5.41) is 0.252. The lowest BCUT2D eigenvalue weighted by Gasteiger charge is -2.24. The monoisotopic (exact) mass is 418 g/mol. The SMILES string of the molecule is O=C(CCc1ccccc1)N=C1S[C@H]2CS(=O)(=O)C[C@@H]2N1c1cccc(F)c1. The number of aryl methyl sites for hydroxylation is 1. The first-order valence-electron chi connectivity index (χ1n) is 8.99. The summed E-state index contributed by atoms with van der Waals surface area (Å²) in [7, 11) is -3.15. The topological polar surface area (TPSA) is 66.8 Å². The van der Waals surface area contributed by atoms with Gasteiger partial charge in [0.2, 0.25) is 5.91 Å². The molecular formula is C20H19FN2O3S2. The molecule has 0 bridgehead atoms. The smallest absolute Gasteiger partial charge is 0.248 e. The summed E-state index contributed by atoms with van der Waals surface area (Å²) in [5.74, 6) is -0.652. The number of fused-ring (bicyclic) bond motifs is 1. The predicted octanol–water partition coefficient (Wildman–Crippen LogP) is 3.06. The largest absolute Gasteiger partial charge is 0.315 e. The second-order valence-corrected chi connectivity index (χ2v) is 10.3. The summed E-state index contributed by atoms with van der Waals surface area (Å²) in [5.41, 5.74) is 1.58. The first-order valence-corrected chi connectivity index (χ1v) is 11.7. The highest BCUT2D eigenvalue weighted by molar-refractivity contribution is 8.16. The van der Waals surface area contributed by atoms with Crippen LogP contribution in [0.15, 0.2) is 59.6 Å². The van der Waals surface area contributed by atoms with Gasteiger partial charge in [0.15, 0.2) is 15.0 Å². The molecular weight excluding hydrogens is 399 g/mol. The van der Waals surface area contributed by atoms with Gasteiger partial charge in [0, 0.05) is 17.4 Å². The van der Waals surface area contributed by atoms with Gasteiger partial charge in [-0.2, -0.15) is 4.99 Å². The quantitative estimate of drug-likeness (QED) is 0.764.